The third-order valence-corrected chi connectivity index (χ3v) is 3.59. The third-order valence-electron chi connectivity index (χ3n) is 3.59. The molecule has 1 aromatic carbocycles. The van der Waals surface area contributed by atoms with E-state index in [1.165, 1.54) is 0 Å². The Hall–Kier alpha value is -1.94. The molecule has 0 N–H and O–H groups in total. The van der Waals surface area contributed by atoms with Gasteiger partial charge in [-0.05, 0) is 37.4 Å². The average molecular weight is 270 g/mol. The standard InChI is InChI=1S/C16H18N2O2/c1-11-9-18(10-12(2)20-11)16(19)14-3-4-15-8-17-6-5-13(15)7-14/h3-8,11-12H,9-10H2,1-2H3. The Balaban J connectivity index is 1.88. The molecule has 2 aromatic rings. The predicted octanol–water partition coefficient (Wildman–Crippen LogP) is 2.48. The Morgan fingerprint density at radius 2 is 1.95 bits per heavy atom. The van der Waals surface area contributed by atoms with Gasteiger partial charge in [-0.2, -0.15) is 0 Å². The average Bonchev–Trinajstić information content (AvgIpc) is 2.45. The summed E-state index contributed by atoms with van der Waals surface area (Å²) in [6.07, 6.45) is 3.73. The van der Waals surface area contributed by atoms with Gasteiger partial charge in [-0.15, -0.1) is 0 Å². The lowest BCUT2D eigenvalue weighted by atomic mass is 10.1. The summed E-state index contributed by atoms with van der Waals surface area (Å²) in [6, 6.07) is 7.68. The van der Waals surface area contributed by atoms with Crippen molar-refractivity contribution < 1.29 is 9.53 Å². The van der Waals surface area contributed by atoms with Crippen LogP contribution in [0.1, 0.15) is 24.2 Å². The van der Waals surface area contributed by atoms with E-state index in [9.17, 15) is 4.79 Å². The Morgan fingerprint density at radius 3 is 2.70 bits per heavy atom. The molecule has 0 spiro atoms. The number of hydrogen-bond donors (Lipinski definition) is 0. The predicted molar refractivity (Wildman–Crippen MR) is 77.7 cm³/mol. The largest absolute Gasteiger partial charge is 0.372 e. The number of morpholine rings is 1. The van der Waals surface area contributed by atoms with Gasteiger partial charge < -0.3 is 9.64 Å². The second kappa shape index (κ2) is 5.21. The summed E-state index contributed by atoms with van der Waals surface area (Å²) >= 11 is 0. The minimum absolute atomic E-state index is 0.0747. The highest BCUT2D eigenvalue weighted by Gasteiger charge is 2.26. The highest BCUT2D eigenvalue weighted by Crippen LogP contribution is 2.18. The topological polar surface area (TPSA) is 42.4 Å². The molecule has 4 heteroatoms. The maximum absolute atomic E-state index is 12.6. The summed E-state index contributed by atoms with van der Waals surface area (Å²) in [5.41, 5.74) is 0.727. The van der Waals surface area contributed by atoms with Crippen LogP contribution in [0, 0.1) is 0 Å². The Bertz CT molecular complexity index is 631. The number of amides is 1. The van der Waals surface area contributed by atoms with E-state index in [0.29, 0.717) is 13.1 Å². The van der Waals surface area contributed by atoms with E-state index in [4.69, 9.17) is 4.74 Å². The molecular formula is C16H18N2O2. The quantitative estimate of drug-likeness (QED) is 0.799. The van der Waals surface area contributed by atoms with Gasteiger partial charge in [0.1, 0.15) is 0 Å². The van der Waals surface area contributed by atoms with Crippen molar-refractivity contribution in [3.63, 3.8) is 0 Å². The van der Waals surface area contributed by atoms with Crippen molar-refractivity contribution in [1.82, 2.24) is 9.88 Å². The highest BCUT2D eigenvalue weighted by atomic mass is 16.5. The van der Waals surface area contributed by atoms with Gasteiger partial charge in [-0.1, -0.05) is 6.07 Å². The van der Waals surface area contributed by atoms with Gasteiger partial charge in [0.15, 0.2) is 0 Å². The number of aromatic nitrogens is 1. The monoisotopic (exact) mass is 270 g/mol. The Morgan fingerprint density at radius 1 is 1.20 bits per heavy atom. The maximum atomic E-state index is 12.6. The molecule has 1 fully saturated rings. The van der Waals surface area contributed by atoms with Crippen molar-refractivity contribution in [2.45, 2.75) is 26.1 Å². The van der Waals surface area contributed by atoms with Crippen LogP contribution in [-0.2, 0) is 4.74 Å². The Labute approximate surface area is 118 Å². The first-order chi connectivity index (χ1) is 9.63. The zero-order valence-electron chi connectivity index (χ0n) is 11.7. The molecule has 0 bridgehead atoms. The molecule has 1 amide bonds. The van der Waals surface area contributed by atoms with Crippen LogP contribution in [0.2, 0.25) is 0 Å². The lowest BCUT2D eigenvalue weighted by Crippen LogP contribution is -2.48. The van der Waals surface area contributed by atoms with E-state index >= 15 is 0 Å². The zero-order chi connectivity index (χ0) is 14.1. The fourth-order valence-electron chi connectivity index (χ4n) is 2.74. The molecule has 2 heterocycles. The first kappa shape index (κ1) is 13.1. The van der Waals surface area contributed by atoms with Crippen molar-refractivity contribution in [3.05, 3.63) is 42.2 Å². The fourth-order valence-corrected chi connectivity index (χ4v) is 2.74. The SMILES string of the molecule is CC1CN(C(=O)c2ccc3cnccc3c2)CC(C)O1. The Kier molecular flexibility index (Phi) is 3.40. The maximum Gasteiger partial charge on any atom is 0.254 e. The molecule has 3 rings (SSSR count). The van der Waals surface area contributed by atoms with Crippen LogP contribution in [0.4, 0.5) is 0 Å². The molecule has 0 aliphatic carbocycles. The van der Waals surface area contributed by atoms with E-state index in [-0.39, 0.29) is 18.1 Å². The lowest BCUT2D eigenvalue weighted by molar-refractivity contribution is -0.0586. The number of rotatable bonds is 1. The molecule has 1 aliphatic heterocycles. The van der Waals surface area contributed by atoms with Crippen LogP contribution in [0.15, 0.2) is 36.7 Å². The second-order valence-corrected chi connectivity index (χ2v) is 5.41. The van der Waals surface area contributed by atoms with Crippen molar-refractivity contribution in [2.24, 2.45) is 0 Å². The summed E-state index contributed by atoms with van der Waals surface area (Å²) in [4.78, 5) is 18.6. The molecule has 4 nitrogen and oxygen atoms in total. The van der Waals surface area contributed by atoms with Gasteiger partial charge in [-0.3, -0.25) is 9.78 Å². The van der Waals surface area contributed by atoms with Crippen molar-refractivity contribution in [3.8, 4) is 0 Å². The number of nitrogens with zero attached hydrogens (tertiary/aromatic N) is 2. The van der Waals surface area contributed by atoms with Crippen molar-refractivity contribution >= 4 is 16.7 Å². The molecule has 0 radical (unpaired) electrons. The minimum atomic E-state index is 0.0747. The van der Waals surface area contributed by atoms with Gasteiger partial charge in [-0.25, -0.2) is 0 Å². The molecular weight excluding hydrogens is 252 g/mol. The third kappa shape index (κ3) is 2.51. The van der Waals surface area contributed by atoms with Crippen LogP contribution in [0.5, 0.6) is 0 Å². The summed E-state index contributed by atoms with van der Waals surface area (Å²) in [6.45, 7) is 5.30. The zero-order valence-corrected chi connectivity index (χ0v) is 11.7. The van der Waals surface area contributed by atoms with Crippen LogP contribution in [0.3, 0.4) is 0 Å². The first-order valence-corrected chi connectivity index (χ1v) is 6.92. The number of carbonyl (C=O) groups is 1. The number of pyridine rings is 1. The van der Waals surface area contributed by atoms with Crippen LogP contribution in [0.25, 0.3) is 10.8 Å². The van der Waals surface area contributed by atoms with E-state index in [1.807, 2.05) is 49.2 Å². The van der Waals surface area contributed by atoms with E-state index in [1.54, 1.807) is 6.20 Å². The summed E-state index contributed by atoms with van der Waals surface area (Å²) in [5, 5.41) is 2.09. The summed E-state index contributed by atoms with van der Waals surface area (Å²) in [7, 11) is 0. The van der Waals surface area contributed by atoms with E-state index in [0.717, 1.165) is 16.3 Å². The fraction of sp³-hybridized carbons (Fsp3) is 0.375. The molecule has 104 valence electrons. The van der Waals surface area contributed by atoms with E-state index < -0.39 is 0 Å². The van der Waals surface area contributed by atoms with E-state index in [2.05, 4.69) is 4.98 Å². The molecule has 2 atom stereocenters. The van der Waals surface area contributed by atoms with Gasteiger partial charge in [0.25, 0.3) is 5.91 Å². The van der Waals surface area contributed by atoms with Crippen LogP contribution in [-0.4, -0.2) is 41.1 Å². The normalized spacial score (nSPS) is 23.0. The van der Waals surface area contributed by atoms with Crippen LogP contribution >= 0.6 is 0 Å². The van der Waals surface area contributed by atoms with Crippen molar-refractivity contribution in [1.29, 1.82) is 0 Å². The number of fused-ring (bicyclic) bond motifs is 1. The number of benzene rings is 1. The summed E-state index contributed by atoms with van der Waals surface area (Å²) in [5.74, 6) is 0.0747. The number of carbonyl (C=O) groups excluding carboxylic acids is 1. The minimum Gasteiger partial charge on any atom is -0.372 e. The first-order valence-electron chi connectivity index (χ1n) is 6.92. The van der Waals surface area contributed by atoms with Gasteiger partial charge in [0.05, 0.1) is 12.2 Å². The number of ether oxygens (including phenoxy) is 1. The lowest BCUT2D eigenvalue weighted by Gasteiger charge is -2.35. The smallest absolute Gasteiger partial charge is 0.254 e. The molecule has 20 heavy (non-hydrogen) atoms. The van der Waals surface area contributed by atoms with Gasteiger partial charge in [0, 0.05) is 36.4 Å². The highest BCUT2D eigenvalue weighted by molar-refractivity contribution is 5.98. The molecule has 2 unspecified atom stereocenters. The van der Waals surface area contributed by atoms with Gasteiger partial charge in [0.2, 0.25) is 0 Å². The molecule has 1 saturated heterocycles. The second-order valence-electron chi connectivity index (χ2n) is 5.41. The molecule has 0 saturated carbocycles. The van der Waals surface area contributed by atoms with Crippen molar-refractivity contribution in [2.75, 3.05) is 13.1 Å². The summed E-state index contributed by atoms with van der Waals surface area (Å²) < 4.78 is 5.67. The molecule has 1 aromatic heterocycles. The number of hydrogen-bond acceptors (Lipinski definition) is 3. The van der Waals surface area contributed by atoms with Gasteiger partial charge >= 0.3 is 0 Å². The molecule has 1 aliphatic rings. The van der Waals surface area contributed by atoms with Crippen LogP contribution < -0.4 is 0 Å².